The van der Waals surface area contributed by atoms with Gasteiger partial charge in [-0.1, -0.05) is 11.6 Å². The summed E-state index contributed by atoms with van der Waals surface area (Å²) >= 11 is 1.90. The van der Waals surface area contributed by atoms with Gasteiger partial charge >= 0.3 is 0 Å². The summed E-state index contributed by atoms with van der Waals surface area (Å²) in [4.78, 5) is 2.86. The fraction of sp³-hybridized carbons (Fsp3) is 0.571. The molecule has 1 nitrogen and oxygen atoms in total. The number of allylic oxidation sites excluding steroid dienone is 1. The van der Waals surface area contributed by atoms with E-state index in [1.807, 2.05) is 11.3 Å². The summed E-state index contributed by atoms with van der Waals surface area (Å²) in [7, 11) is 0. The third kappa shape index (κ3) is 3.76. The van der Waals surface area contributed by atoms with Crippen LogP contribution >= 0.6 is 11.3 Å². The van der Waals surface area contributed by atoms with E-state index in [0.29, 0.717) is 0 Å². The first-order valence-corrected chi connectivity index (χ1v) is 7.10. The maximum absolute atomic E-state index is 3.53. The van der Waals surface area contributed by atoms with Gasteiger partial charge in [0.1, 0.15) is 0 Å². The van der Waals surface area contributed by atoms with Gasteiger partial charge in [-0.3, -0.25) is 0 Å². The summed E-state index contributed by atoms with van der Waals surface area (Å²) in [5.41, 5.74) is 1.67. The summed E-state index contributed by atoms with van der Waals surface area (Å²) in [5, 5.41) is 3.53. The second-order valence-electron chi connectivity index (χ2n) is 4.55. The first-order valence-electron chi connectivity index (χ1n) is 6.28. The number of rotatable bonds is 5. The molecule has 0 atom stereocenters. The molecule has 0 aliphatic heterocycles. The average molecular weight is 235 g/mol. The molecule has 0 aromatic carbocycles. The number of hydrogen-bond acceptors (Lipinski definition) is 2. The van der Waals surface area contributed by atoms with Crippen molar-refractivity contribution in [2.45, 2.75) is 45.6 Å². The van der Waals surface area contributed by atoms with Gasteiger partial charge in [0.05, 0.1) is 0 Å². The van der Waals surface area contributed by atoms with Crippen LogP contribution in [0.2, 0.25) is 0 Å². The molecule has 0 fully saturated rings. The highest BCUT2D eigenvalue weighted by atomic mass is 32.1. The summed E-state index contributed by atoms with van der Waals surface area (Å²) in [6.45, 7) is 4.33. The third-order valence-corrected chi connectivity index (χ3v) is 4.10. The molecule has 0 radical (unpaired) electrons. The molecule has 1 N–H and O–H groups in total. The van der Waals surface area contributed by atoms with Gasteiger partial charge in [0.2, 0.25) is 0 Å². The third-order valence-electron chi connectivity index (χ3n) is 3.10. The van der Waals surface area contributed by atoms with Gasteiger partial charge < -0.3 is 5.32 Å². The number of nitrogens with one attached hydrogen (secondary N) is 1. The van der Waals surface area contributed by atoms with Gasteiger partial charge in [-0.2, -0.15) is 0 Å². The van der Waals surface area contributed by atoms with Crippen LogP contribution in [0.25, 0.3) is 0 Å². The Hall–Kier alpha value is -0.600. The standard InChI is InChI=1S/C14H21NS/c1-12-7-8-14(16-12)11-15-10-9-13-5-3-2-4-6-13/h5,7-8,15H,2-4,6,9-11H2,1H3. The minimum atomic E-state index is 1.03. The predicted molar refractivity (Wildman–Crippen MR) is 71.9 cm³/mol. The lowest BCUT2D eigenvalue weighted by molar-refractivity contribution is 0.635. The lowest BCUT2D eigenvalue weighted by atomic mass is 9.97. The van der Waals surface area contributed by atoms with E-state index in [-0.39, 0.29) is 0 Å². The first kappa shape index (κ1) is 11.9. The molecule has 0 saturated heterocycles. The zero-order chi connectivity index (χ0) is 11.2. The maximum atomic E-state index is 3.53. The molecule has 0 saturated carbocycles. The molecule has 16 heavy (non-hydrogen) atoms. The molecule has 1 heterocycles. The molecule has 1 aliphatic rings. The lowest BCUT2D eigenvalue weighted by Gasteiger charge is -2.12. The van der Waals surface area contributed by atoms with Crippen LogP contribution in [0, 0.1) is 6.92 Å². The van der Waals surface area contributed by atoms with Crippen LogP contribution in [0.3, 0.4) is 0 Å². The van der Waals surface area contributed by atoms with Crippen molar-refractivity contribution in [3.63, 3.8) is 0 Å². The van der Waals surface area contributed by atoms with E-state index >= 15 is 0 Å². The smallest absolute Gasteiger partial charge is 0.0299 e. The number of thiophene rings is 1. The van der Waals surface area contributed by atoms with Crippen LogP contribution in [-0.2, 0) is 6.54 Å². The van der Waals surface area contributed by atoms with Crippen LogP contribution in [-0.4, -0.2) is 6.54 Å². The number of hydrogen-bond donors (Lipinski definition) is 1. The number of aryl methyl sites for hydroxylation is 1. The highest BCUT2D eigenvalue weighted by Gasteiger charge is 2.03. The lowest BCUT2D eigenvalue weighted by Crippen LogP contribution is -2.14. The molecule has 0 amide bonds. The summed E-state index contributed by atoms with van der Waals surface area (Å²) < 4.78 is 0. The van der Waals surface area contributed by atoms with Crippen LogP contribution in [0.5, 0.6) is 0 Å². The topological polar surface area (TPSA) is 12.0 Å². The summed E-state index contributed by atoms with van der Waals surface area (Å²) in [6.07, 6.45) is 9.12. The predicted octanol–water partition coefficient (Wildman–Crippen LogP) is 4.04. The Bertz CT molecular complexity index is 351. The Morgan fingerprint density at radius 1 is 1.31 bits per heavy atom. The van der Waals surface area contributed by atoms with Crippen molar-refractivity contribution in [1.82, 2.24) is 5.32 Å². The quantitative estimate of drug-likeness (QED) is 0.600. The zero-order valence-electron chi connectivity index (χ0n) is 10.1. The van der Waals surface area contributed by atoms with Crippen LogP contribution < -0.4 is 5.32 Å². The summed E-state index contributed by atoms with van der Waals surface area (Å²) in [6, 6.07) is 4.43. The summed E-state index contributed by atoms with van der Waals surface area (Å²) in [5.74, 6) is 0. The van der Waals surface area contributed by atoms with E-state index in [2.05, 4.69) is 30.4 Å². The van der Waals surface area contributed by atoms with Gasteiger partial charge in [0, 0.05) is 16.3 Å². The first-order chi connectivity index (χ1) is 7.84. The van der Waals surface area contributed by atoms with Crippen molar-refractivity contribution in [3.05, 3.63) is 33.5 Å². The second kappa shape index (κ2) is 6.21. The Morgan fingerprint density at radius 2 is 2.25 bits per heavy atom. The zero-order valence-corrected chi connectivity index (χ0v) is 10.9. The molecular weight excluding hydrogens is 214 g/mol. The van der Waals surface area contributed by atoms with Crippen LogP contribution in [0.15, 0.2) is 23.8 Å². The van der Waals surface area contributed by atoms with E-state index in [1.54, 1.807) is 5.57 Å². The molecule has 0 bridgehead atoms. The average Bonchev–Trinajstić information content (AvgIpc) is 2.72. The molecule has 88 valence electrons. The van der Waals surface area contributed by atoms with Crippen molar-refractivity contribution in [2.75, 3.05) is 6.54 Å². The monoisotopic (exact) mass is 235 g/mol. The highest BCUT2D eigenvalue weighted by Crippen LogP contribution is 2.19. The molecule has 1 aliphatic carbocycles. The molecule has 2 rings (SSSR count). The van der Waals surface area contributed by atoms with E-state index in [0.717, 1.165) is 13.1 Å². The van der Waals surface area contributed by atoms with Crippen molar-refractivity contribution in [3.8, 4) is 0 Å². The fourth-order valence-corrected chi connectivity index (χ4v) is 3.03. The second-order valence-corrected chi connectivity index (χ2v) is 5.92. The van der Waals surface area contributed by atoms with E-state index < -0.39 is 0 Å². The Morgan fingerprint density at radius 3 is 2.94 bits per heavy atom. The highest BCUT2D eigenvalue weighted by molar-refractivity contribution is 7.11. The van der Waals surface area contributed by atoms with Crippen molar-refractivity contribution in [1.29, 1.82) is 0 Å². The van der Waals surface area contributed by atoms with E-state index in [1.165, 1.54) is 41.9 Å². The van der Waals surface area contributed by atoms with Crippen LogP contribution in [0.4, 0.5) is 0 Å². The van der Waals surface area contributed by atoms with E-state index in [9.17, 15) is 0 Å². The van der Waals surface area contributed by atoms with Crippen molar-refractivity contribution in [2.24, 2.45) is 0 Å². The van der Waals surface area contributed by atoms with Gasteiger partial charge in [0.25, 0.3) is 0 Å². The fourth-order valence-electron chi connectivity index (χ4n) is 2.17. The minimum Gasteiger partial charge on any atom is -0.312 e. The minimum absolute atomic E-state index is 1.03. The van der Waals surface area contributed by atoms with Gasteiger partial charge in [-0.15, -0.1) is 11.3 Å². The van der Waals surface area contributed by atoms with Crippen molar-refractivity contribution < 1.29 is 0 Å². The molecule has 2 heteroatoms. The Labute approximate surface area is 103 Å². The normalized spacial score (nSPS) is 16.2. The Balaban J connectivity index is 1.63. The molecule has 0 spiro atoms. The SMILES string of the molecule is Cc1ccc(CNCCC2=CCCCC2)s1. The molecular formula is C14H21NS. The van der Waals surface area contributed by atoms with Gasteiger partial charge in [0.15, 0.2) is 0 Å². The van der Waals surface area contributed by atoms with Gasteiger partial charge in [-0.25, -0.2) is 0 Å². The van der Waals surface area contributed by atoms with Crippen molar-refractivity contribution >= 4 is 11.3 Å². The van der Waals surface area contributed by atoms with Crippen LogP contribution in [0.1, 0.15) is 41.9 Å². The largest absolute Gasteiger partial charge is 0.312 e. The Kier molecular flexibility index (Phi) is 4.61. The maximum Gasteiger partial charge on any atom is 0.0299 e. The van der Waals surface area contributed by atoms with Gasteiger partial charge in [-0.05, 0) is 57.7 Å². The molecule has 1 aromatic rings. The molecule has 0 unspecified atom stereocenters. The molecule has 1 aromatic heterocycles. The van der Waals surface area contributed by atoms with E-state index in [4.69, 9.17) is 0 Å².